The summed E-state index contributed by atoms with van der Waals surface area (Å²) in [6, 6.07) is -0.773. The van der Waals surface area contributed by atoms with E-state index in [2.05, 4.69) is 5.32 Å². The van der Waals surface area contributed by atoms with E-state index in [0.29, 0.717) is 6.54 Å². The number of ether oxygens (including phenoxy) is 1. The molecule has 0 aromatic carbocycles. The maximum absolute atomic E-state index is 12.9. The van der Waals surface area contributed by atoms with Crippen molar-refractivity contribution in [1.82, 2.24) is 10.2 Å². The van der Waals surface area contributed by atoms with E-state index < -0.39 is 17.7 Å². The molecular formula is C17H32N2O4. The second-order valence-electron chi connectivity index (χ2n) is 7.37. The Morgan fingerprint density at radius 3 is 2.52 bits per heavy atom. The van der Waals surface area contributed by atoms with E-state index in [1.54, 1.807) is 25.7 Å². The number of carbonyl (C=O) groups excluding carboxylic acids is 2. The predicted molar refractivity (Wildman–Crippen MR) is 89.1 cm³/mol. The Kier molecular flexibility index (Phi) is 7.32. The van der Waals surface area contributed by atoms with E-state index in [1.165, 1.54) is 0 Å². The van der Waals surface area contributed by atoms with Crippen molar-refractivity contribution in [2.45, 2.75) is 78.0 Å². The fraction of sp³-hybridized carbons (Fsp3) is 0.882. The second kappa shape index (κ2) is 8.52. The highest BCUT2D eigenvalue weighted by Crippen LogP contribution is 2.20. The highest BCUT2D eigenvalue weighted by atomic mass is 16.6. The summed E-state index contributed by atoms with van der Waals surface area (Å²) in [5.74, 6) is -0.125. The summed E-state index contributed by atoms with van der Waals surface area (Å²) >= 11 is 0. The number of aliphatic hydroxyl groups is 1. The number of hydrogen-bond acceptors (Lipinski definition) is 4. The molecule has 0 aromatic rings. The zero-order valence-corrected chi connectivity index (χ0v) is 15.1. The van der Waals surface area contributed by atoms with Gasteiger partial charge in [0.25, 0.3) is 0 Å². The molecule has 1 saturated heterocycles. The average Bonchev–Trinajstić information content (AvgIpc) is 2.49. The van der Waals surface area contributed by atoms with E-state index in [-0.39, 0.29) is 24.5 Å². The summed E-state index contributed by atoms with van der Waals surface area (Å²) in [4.78, 5) is 26.7. The predicted octanol–water partition coefficient (Wildman–Crippen LogP) is 2.30. The second-order valence-corrected chi connectivity index (χ2v) is 7.37. The van der Waals surface area contributed by atoms with Crippen LogP contribution in [0.1, 0.15) is 60.3 Å². The molecule has 0 bridgehead atoms. The van der Waals surface area contributed by atoms with E-state index in [4.69, 9.17) is 4.74 Å². The first-order valence-corrected chi connectivity index (χ1v) is 8.60. The number of amides is 2. The molecule has 1 aliphatic heterocycles. The highest BCUT2D eigenvalue weighted by Gasteiger charge is 2.35. The van der Waals surface area contributed by atoms with E-state index >= 15 is 0 Å². The Morgan fingerprint density at radius 1 is 1.35 bits per heavy atom. The van der Waals surface area contributed by atoms with Crippen LogP contribution in [-0.4, -0.2) is 52.8 Å². The minimum atomic E-state index is -0.623. The van der Waals surface area contributed by atoms with Gasteiger partial charge in [-0.1, -0.05) is 20.3 Å². The first-order chi connectivity index (χ1) is 10.7. The lowest BCUT2D eigenvalue weighted by Gasteiger charge is -2.38. The fourth-order valence-electron chi connectivity index (χ4n) is 2.78. The normalized spacial score (nSPS) is 21.5. The number of nitrogens with one attached hydrogen (secondary N) is 1. The number of rotatable bonds is 5. The van der Waals surface area contributed by atoms with Gasteiger partial charge in [-0.2, -0.15) is 0 Å². The molecule has 0 unspecified atom stereocenters. The molecule has 23 heavy (non-hydrogen) atoms. The molecule has 1 aliphatic rings. The third-order valence-electron chi connectivity index (χ3n) is 4.27. The van der Waals surface area contributed by atoms with Gasteiger partial charge in [0.2, 0.25) is 5.91 Å². The summed E-state index contributed by atoms with van der Waals surface area (Å²) in [5.41, 5.74) is -0.605. The third-order valence-corrected chi connectivity index (χ3v) is 4.27. The quantitative estimate of drug-likeness (QED) is 0.811. The Balaban J connectivity index is 2.84. The Bertz CT molecular complexity index is 406. The van der Waals surface area contributed by atoms with E-state index in [1.807, 2.05) is 13.8 Å². The van der Waals surface area contributed by atoms with Crippen molar-refractivity contribution >= 4 is 12.0 Å². The van der Waals surface area contributed by atoms with Crippen LogP contribution in [-0.2, 0) is 9.53 Å². The number of hydrogen-bond donors (Lipinski definition) is 2. The zero-order chi connectivity index (χ0) is 17.6. The van der Waals surface area contributed by atoms with Gasteiger partial charge in [-0.25, -0.2) is 4.79 Å². The summed E-state index contributed by atoms with van der Waals surface area (Å²) in [6.45, 7) is 9.90. The molecule has 1 rings (SSSR count). The first kappa shape index (κ1) is 19.7. The maximum atomic E-state index is 12.9. The van der Waals surface area contributed by atoms with Crippen LogP contribution in [0.2, 0.25) is 0 Å². The Morgan fingerprint density at radius 2 is 2.00 bits per heavy atom. The number of aliphatic hydroxyl groups excluding tert-OH is 1. The number of nitrogens with zero attached hydrogens (tertiary/aromatic N) is 1. The smallest absolute Gasteiger partial charge is 0.408 e. The standard InChI is InChI=1S/C17H32N2O4/c1-6-12(2)14(18-16(22)23-17(3,4)5)15(21)19-10-8-7-9-13(19)11-20/h12-14,20H,6-11H2,1-5H3,(H,18,22)/t12-,13+,14-/m0/s1. The van der Waals surface area contributed by atoms with Gasteiger partial charge in [0.1, 0.15) is 11.6 Å². The van der Waals surface area contributed by atoms with Gasteiger partial charge in [0.15, 0.2) is 0 Å². The number of likely N-dealkylation sites (tertiary alicyclic amines) is 1. The molecule has 6 nitrogen and oxygen atoms in total. The van der Waals surface area contributed by atoms with Crippen molar-refractivity contribution in [2.24, 2.45) is 5.92 Å². The van der Waals surface area contributed by atoms with E-state index in [9.17, 15) is 14.7 Å². The lowest BCUT2D eigenvalue weighted by Crippen LogP contribution is -2.56. The highest BCUT2D eigenvalue weighted by molar-refractivity contribution is 5.86. The van der Waals surface area contributed by atoms with Crippen LogP contribution < -0.4 is 5.32 Å². The van der Waals surface area contributed by atoms with Gasteiger partial charge in [0, 0.05) is 6.54 Å². The third kappa shape index (κ3) is 6.01. The van der Waals surface area contributed by atoms with E-state index in [0.717, 1.165) is 25.7 Å². The number of carbonyl (C=O) groups is 2. The monoisotopic (exact) mass is 328 g/mol. The maximum Gasteiger partial charge on any atom is 0.408 e. The lowest BCUT2D eigenvalue weighted by molar-refractivity contribution is -0.139. The van der Waals surface area contributed by atoms with Crippen LogP contribution in [0.4, 0.5) is 4.79 Å². The van der Waals surface area contributed by atoms with Crippen LogP contribution in [0.25, 0.3) is 0 Å². The molecular weight excluding hydrogens is 296 g/mol. The van der Waals surface area contributed by atoms with Crippen molar-refractivity contribution in [3.63, 3.8) is 0 Å². The summed E-state index contributed by atoms with van der Waals surface area (Å²) in [6.07, 6.45) is 2.95. The van der Waals surface area contributed by atoms with Crippen molar-refractivity contribution in [3.8, 4) is 0 Å². The Hall–Kier alpha value is -1.30. The molecule has 6 heteroatoms. The molecule has 2 amide bonds. The topological polar surface area (TPSA) is 78.9 Å². The fourth-order valence-corrected chi connectivity index (χ4v) is 2.78. The average molecular weight is 328 g/mol. The number of alkyl carbamates (subject to hydrolysis) is 1. The molecule has 1 fully saturated rings. The molecule has 2 N–H and O–H groups in total. The minimum absolute atomic E-state index is 0.00344. The molecule has 134 valence electrons. The molecule has 0 aromatic heterocycles. The van der Waals surface area contributed by atoms with Gasteiger partial charge < -0.3 is 20.1 Å². The largest absolute Gasteiger partial charge is 0.444 e. The molecule has 1 heterocycles. The van der Waals surface area contributed by atoms with Crippen molar-refractivity contribution in [1.29, 1.82) is 0 Å². The van der Waals surface area contributed by atoms with Crippen LogP contribution in [0, 0.1) is 5.92 Å². The van der Waals surface area contributed by atoms with Gasteiger partial charge in [0.05, 0.1) is 12.6 Å². The first-order valence-electron chi connectivity index (χ1n) is 8.60. The van der Waals surface area contributed by atoms with Gasteiger partial charge >= 0.3 is 6.09 Å². The van der Waals surface area contributed by atoms with Crippen molar-refractivity contribution in [2.75, 3.05) is 13.2 Å². The van der Waals surface area contributed by atoms with Crippen molar-refractivity contribution in [3.05, 3.63) is 0 Å². The summed E-state index contributed by atoms with van der Waals surface area (Å²) in [5, 5.41) is 12.2. The molecule has 3 atom stereocenters. The summed E-state index contributed by atoms with van der Waals surface area (Å²) < 4.78 is 5.28. The van der Waals surface area contributed by atoms with Gasteiger partial charge in [-0.3, -0.25) is 4.79 Å². The minimum Gasteiger partial charge on any atom is -0.444 e. The summed E-state index contributed by atoms with van der Waals surface area (Å²) in [7, 11) is 0. The number of piperidine rings is 1. The Labute approximate surface area is 139 Å². The zero-order valence-electron chi connectivity index (χ0n) is 15.1. The molecule has 0 spiro atoms. The molecule has 0 saturated carbocycles. The lowest BCUT2D eigenvalue weighted by atomic mass is 9.95. The van der Waals surface area contributed by atoms with Crippen molar-refractivity contribution < 1.29 is 19.4 Å². The van der Waals surface area contributed by atoms with Crippen LogP contribution in [0.3, 0.4) is 0 Å². The molecule has 0 radical (unpaired) electrons. The SMILES string of the molecule is CC[C@H](C)[C@H](NC(=O)OC(C)(C)C)C(=O)N1CCCC[C@@H]1CO. The van der Waals surface area contributed by atoms with Crippen LogP contribution >= 0.6 is 0 Å². The van der Waals surface area contributed by atoms with Crippen LogP contribution in [0.15, 0.2) is 0 Å². The van der Waals surface area contributed by atoms with Crippen LogP contribution in [0.5, 0.6) is 0 Å². The molecule has 0 aliphatic carbocycles. The van der Waals surface area contributed by atoms with Gasteiger partial charge in [-0.05, 0) is 46.0 Å². The van der Waals surface area contributed by atoms with Gasteiger partial charge in [-0.15, -0.1) is 0 Å².